The number of amides is 1. The van der Waals surface area contributed by atoms with E-state index in [1.165, 1.54) is 7.11 Å². The number of methoxy groups -OCH3 is 1. The largest absolute Gasteiger partial charge is 0.480 e. The molecule has 0 fully saturated rings. The van der Waals surface area contributed by atoms with E-state index in [-0.39, 0.29) is 5.91 Å². The molecular formula is C18H18BrNO4. The lowest BCUT2D eigenvalue weighted by Gasteiger charge is -2.16. The van der Waals surface area contributed by atoms with Crippen LogP contribution in [0.4, 0.5) is 5.69 Å². The molecule has 126 valence electrons. The highest BCUT2D eigenvalue weighted by Crippen LogP contribution is 2.25. The van der Waals surface area contributed by atoms with E-state index >= 15 is 0 Å². The van der Waals surface area contributed by atoms with E-state index in [4.69, 9.17) is 4.74 Å². The lowest BCUT2D eigenvalue weighted by molar-refractivity contribution is -0.122. The second-order valence-corrected chi connectivity index (χ2v) is 6.06. The number of carbonyl (C=O) groups is 2. The minimum absolute atomic E-state index is 0.278. The fourth-order valence-electron chi connectivity index (χ4n) is 2.07. The zero-order chi connectivity index (χ0) is 17.7. The molecule has 0 saturated carbocycles. The molecule has 0 saturated heterocycles. The fraction of sp³-hybridized carbons (Fsp3) is 0.222. The van der Waals surface area contributed by atoms with Crippen molar-refractivity contribution in [3.05, 3.63) is 58.1 Å². The quantitative estimate of drug-likeness (QED) is 0.783. The first-order valence-electron chi connectivity index (χ1n) is 7.33. The molecule has 1 atom stereocenters. The number of ether oxygens (including phenoxy) is 2. The summed E-state index contributed by atoms with van der Waals surface area (Å²) in [6, 6.07) is 12.3. The van der Waals surface area contributed by atoms with E-state index in [2.05, 4.69) is 26.0 Å². The molecule has 0 radical (unpaired) electrons. The molecule has 2 rings (SSSR count). The van der Waals surface area contributed by atoms with E-state index < -0.39 is 12.1 Å². The van der Waals surface area contributed by atoms with Crippen LogP contribution in [-0.4, -0.2) is 25.1 Å². The monoisotopic (exact) mass is 391 g/mol. The van der Waals surface area contributed by atoms with E-state index in [1.807, 2.05) is 18.2 Å². The van der Waals surface area contributed by atoms with Crippen LogP contribution in [0.25, 0.3) is 0 Å². The van der Waals surface area contributed by atoms with E-state index in [0.29, 0.717) is 17.0 Å². The summed E-state index contributed by atoms with van der Waals surface area (Å²) in [6.45, 7) is 3.48. The smallest absolute Gasteiger partial charge is 0.337 e. The highest BCUT2D eigenvalue weighted by atomic mass is 79.9. The Balaban J connectivity index is 2.06. The van der Waals surface area contributed by atoms with Gasteiger partial charge in [0.15, 0.2) is 6.10 Å². The standard InChI is InChI=1S/C18H18BrNO4/c1-11-10-13(18(22)23-3)8-9-15(11)20-17(21)12(2)24-16-7-5-4-6-14(16)19/h4-10,12H,1-3H3,(H,20,21). The summed E-state index contributed by atoms with van der Waals surface area (Å²) in [5.74, 6) is -0.0980. The van der Waals surface area contributed by atoms with Crippen molar-refractivity contribution in [1.29, 1.82) is 0 Å². The molecule has 2 aromatic rings. The highest BCUT2D eigenvalue weighted by molar-refractivity contribution is 9.10. The molecule has 0 bridgehead atoms. The number of esters is 1. The van der Waals surface area contributed by atoms with Gasteiger partial charge in [0.1, 0.15) is 5.75 Å². The molecule has 1 N–H and O–H groups in total. The van der Waals surface area contributed by atoms with Crippen molar-refractivity contribution in [2.75, 3.05) is 12.4 Å². The summed E-state index contributed by atoms with van der Waals surface area (Å²) in [5.41, 5.74) is 1.82. The summed E-state index contributed by atoms with van der Waals surface area (Å²) < 4.78 is 11.1. The van der Waals surface area contributed by atoms with Crippen LogP contribution in [0.3, 0.4) is 0 Å². The van der Waals surface area contributed by atoms with Gasteiger partial charge in [-0.05, 0) is 65.7 Å². The van der Waals surface area contributed by atoms with Crippen molar-refractivity contribution in [3.8, 4) is 5.75 Å². The zero-order valence-corrected chi connectivity index (χ0v) is 15.2. The van der Waals surface area contributed by atoms with E-state index in [0.717, 1.165) is 10.0 Å². The fourth-order valence-corrected chi connectivity index (χ4v) is 2.45. The van der Waals surface area contributed by atoms with Crippen molar-refractivity contribution < 1.29 is 19.1 Å². The Kier molecular flexibility index (Phi) is 5.98. The van der Waals surface area contributed by atoms with Gasteiger partial charge in [-0.1, -0.05) is 12.1 Å². The van der Waals surface area contributed by atoms with Crippen LogP contribution >= 0.6 is 15.9 Å². The number of aryl methyl sites for hydroxylation is 1. The second-order valence-electron chi connectivity index (χ2n) is 5.20. The molecule has 0 aliphatic heterocycles. The Bertz CT molecular complexity index is 760. The van der Waals surface area contributed by atoms with Crippen molar-refractivity contribution in [2.24, 2.45) is 0 Å². The number of anilines is 1. The molecule has 2 aromatic carbocycles. The van der Waals surface area contributed by atoms with Gasteiger partial charge in [0.2, 0.25) is 0 Å². The molecule has 24 heavy (non-hydrogen) atoms. The molecular weight excluding hydrogens is 374 g/mol. The van der Waals surface area contributed by atoms with Crippen molar-refractivity contribution in [1.82, 2.24) is 0 Å². The summed E-state index contributed by atoms with van der Waals surface area (Å²) in [7, 11) is 1.33. The van der Waals surface area contributed by atoms with Crippen molar-refractivity contribution >= 4 is 33.5 Å². The number of benzene rings is 2. The average Bonchev–Trinajstić information content (AvgIpc) is 2.57. The summed E-state index contributed by atoms with van der Waals surface area (Å²) in [6.07, 6.45) is -0.677. The van der Waals surface area contributed by atoms with E-state index in [1.54, 1.807) is 38.1 Å². The zero-order valence-electron chi connectivity index (χ0n) is 13.6. The van der Waals surface area contributed by atoms with Gasteiger partial charge in [-0.15, -0.1) is 0 Å². The van der Waals surface area contributed by atoms with Crippen LogP contribution in [-0.2, 0) is 9.53 Å². The maximum absolute atomic E-state index is 12.3. The Morgan fingerprint density at radius 2 is 1.88 bits per heavy atom. The number of halogens is 1. The molecule has 0 aliphatic rings. The van der Waals surface area contributed by atoms with Gasteiger partial charge < -0.3 is 14.8 Å². The van der Waals surface area contributed by atoms with Gasteiger partial charge >= 0.3 is 5.97 Å². The number of hydrogen-bond acceptors (Lipinski definition) is 4. The number of para-hydroxylation sites is 1. The van der Waals surface area contributed by atoms with Crippen LogP contribution < -0.4 is 10.1 Å². The van der Waals surface area contributed by atoms with Gasteiger partial charge in [-0.2, -0.15) is 0 Å². The summed E-state index contributed by atoms with van der Waals surface area (Å²) in [4.78, 5) is 23.8. The second kappa shape index (κ2) is 7.97. The third-order valence-electron chi connectivity index (χ3n) is 3.41. The first-order valence-corrected chi connectivity index (χ1v) is 8.12. The number of carbonyl (C=O) groups excluding carboxylic acids is 2. The average molecular weight is 392 g/mol. The number of hydrogen-bond donors (Lipinski definition) is 1. The Hall–Kier alpha value is -2.34. The highest BCUT2D eigenvalue weighted by Gasteiger charge is 2.17. The predicted octanol–water partition coefficient (Wildman–Crippen LogP) is 3.95. The van der Waals surface area contributed by atoms with Crippen LogP contribution in [0, 0.1) is 6.92 Å². The third kappa shape index (κ3) is 4.35. The lowest BCUT2D eigenvalue weighted by Crippen LogP contribution is -2.30. The lowest BCUT2D eigenvalue weighted by atomic mass is 10.1. The molecule has 1 amide bonds. The number of nitrogens with one attached hydrogen (secondary N) is 1. The van der Waals surface area contributed by atoms with E-state index in [9.17, 15) is 9.59 Å². The predicted molar refractivity (Wildman–Crippen MR) is 95.4 cm³/mol. The molecule has 0 aromatic heterocycles. The molecule has 0 aliphatic carbocycles. The first kappa shape index (κ1) is 18.0. The summed E-state index contributed by atoms with van der Waals surface area (Å²) in [5, 5.41) is 2.80. The van der Waals surface area contributed by atoms with Crippen molar-refractivity contribution in [3.63, 3.8) is 0 Å². The minimum Gasteiger partial charge on any atom is -0.480 e. The molecule has 1 unspecified atom stereocenters. The topological polar surface area (TPSA) is 64.6 Å². The van der Waals surface area contributed by atoms with Crippen LogP contribution in [0.5, 0.6) is 5.75 Å². The Labute approximate surface area is 149 Å². The van der Waals surface area contributed by atoms with Crippen LogP contribution in [0.2, 0.25) is 0 Å². The SMILES string of the molecule is COC(=O)c1ccc(NC(=O)C(C)Oc2ccccc2Br)c(C)c1. The molecule has 6 heteroatoms. The Morgan fingerprint density at radius 1 is 1.17 bits per heavy atom. The molecule has 0 spiro atoms. The normalized spacial score (nSPS) is 11.5. The van der Waals surface area contributed by atoms with Gasteiger partial charge in [0.25, 0.3) is 5.91 Å². The summed E-state index contributed by atoms with van der Waals surface area (Å²) >= 11 is 3.38. The van der Waals surface area contributed by atoms with Gasteiger partial charge in [0.05, 0.1) is 17.1 Å². The van der Waals surface area contributed by atoms with Crippen LogP contribution in [0.1, 0.15) is 22.8 Å². The maximum Gasteiger partial charge on any atom is 0.337 e. The van der Waals surface area contributed by atoms with Gasteiger partial charge in [-0.3, -0.25) is 4.79 Å². The van der Waals surface area contributed by atoms with Crippen molar-refractivity contribution in [2.45, 2.75) is 20.0 Å². The number of rotatable bonds is 5. The Morgan fingerprint density at radius 3 is 2.50 bits per heavy atom. The molecule has 5 nitrogen and oxygen atoms in total. The maximum atomic E-state index is 12.3. The first-order chi connectivity index (χ1) is 11.4. The van der Waals surface area contributed by atoms with Gasteiger partial charge in [-0.25, -0.2) is 4.79 Å². The van der Waals surface area contributed by atoms with Gasteiger partial charge in [0, 0.05) is 5.69 Å². The van der Waals surface area contributed by atoms with Crippen LogP contribution in [0.15, 0.2) is 46.9 Å². The third-order valence-corrected chi connectivity index (χ3v) is 4.07. The minimum atomic E-state index is -0.677. The molecule has 0 heterocycles.